The van der Waals surface area contributed by atoms with E-state index in [9.17, 15) is 14.4 Å². The molecule has 8 heteroatoms. The largest absolute Gasteiger partial charge is 0.370 e. The maximum absolute atomic E-state index is 13.2. The zero-order valence-electron chi connectivity index (χ0n) is 15.6. The molecule has 8 nitrogen and oxygen atoms in total. The van der Waals surface area contributed by atoms with Crippen molar-refractivity contribution in [1.82, 2.24) is 4.90 Å². The second-order valence-electron chi connectivity index (χ2n) is 7.07. The van der Waals surface area contributed by atoms with Gasteiger partial charge in [0.2, 0.25) is 17.7 Å². The minimum atomic E-state index is -0.442. The average molecular weight is 373 g/mol. The van der Waals surface area contributed by atoms with Crippen LogP contribution in [0.2, 0.25) is 0 Å². The van der Waals surface area contributed by atoms with E-state index in [0.717, 1.165) is 24.2 Å². The summed E-state index contributed by atoms with van der Waals surface area (Å²) >= 11 is 0. The van der Waals surface area contributed by atoms with Gasteiger partial charge in [0.05, 0.1) is 17.9 Å². The van der Waals surface area contributed by atoms with Crippen molar-refractivity contribution in [3.63, 3.8) is 0 Å². The molecule has 4 N–H and O–H groups in total. The number of amides is 3. The number of para-hydroxylation sites is 2. The van der Waals surface area contributed by atoms with Crippen molar-refractivity contribution in [2.75, 3.05) is 29.4 Å². The Labute approximate surface area is 159 Å². The van der Waals surface area contributed by atoms with Crippen LogP contribution in [0.3, 0.4) is 0 Å². The molecular weight excluding hydrogens is 346 g/mol. The maximum atomic E-state index is 13.2. The molecule has 2 heterocycles. The quantitative estimate of drug-likeness (QED) is 0.672. The highest BCUT2D eigenvalue weighted by molar-refractivity contribution is 6.02. The van der Waals surface area contributed by atoms with Gasteiger partial charge < -0.3 is 21.3 Å². The van der Waals surface area contributed by atoms with Gasteiger partial charge in [-0.1, -0.05) is 12.1 Å². The van der Waals surface area contributed by atoms with Crippen molar-refractivity contribution in [1.29, 1.82) is 0 Å². The Bertz CT molecular complexity index is 738. The zero-order valence-corrected chi connectivity index (χ0v) is 15.6. The van der Waals surface area contributed by atoms with E-state index in [4.69, 9.17) is 11.5 Å². The lowest BCUT2D eigenvalue weighted by Gasteiger charge is -2.45. The summed E-state index contributed by atoms with van der Waals surface area (Å²) in [7, 11) is 0. The van der Waals surface area contributed by atoms with Crippen LogP contribution in [0, 0.1) is 0 Å². The van der Waals surface area contributed by atoms with Gasteiger partial charge >= 0.3 is 0 Å². The first kappa shape index (κ1) is 19.2. The molecule has 3 amide bonds. The second kappa shape index (κ2) is 7.96. The van der Waals surface area contributed by atoms with E-state index in [1.165, 1.54) is 6.92 Å². The molecule has 0 unspecified atom stereocenters. The van der Waals surface area contributed by atoms with Crippen molar-refractivity contribution in [3.05, 3.63) is 24.3 Å². The van der Waals surface area contributed by atoms with Gasteiger partial charge in [-0.3, -0.25) is 19.3 Å². The Balaban J connectivity index is 1.95. The maximum Gasteiger partial charge on any atom is 0.245 e. The fourth-order valence-corrected chi connectivity index (χ4v) is 4.06. The van der Waals surface area contributed by atoms with Gasteiger partial charge in [-0.2, -0.15) is 0 Å². The number of carbonyl (C=O) groups is 3. The Kier molecular flexibility index (Phi) is 5.65. The van der Waals surface area contributed by atoms with E-state index >= 15 is 0 Å². The van der Waals surface area contributed by atoms with Crippen LogP contribution in [0.5, 0.6) is 0 Å². The molecule has 1 fully saturated rings. The first-order valence-corrected chi connectivity index (χ1v) is 9.40. The fraction of sp³-hybridized carbons (Fsp3) is 0.526. The smallest absolute Gasteiger partial charge is 0.245 e. The molecular formula is C19H27N5O3. The van der Waals surface area contributed by atoms with Crippen molar-refractivity contribution < 1.29 is 14.4 Å². The van der Waals surface area contributed by atoms with Gasteiger partial charge in [0, 0.05) is 19.9 Å². The summed E-state index contributed by atoms with van der Waals surface area (Å²) in [5, 5.41) is 0. The molecule has 2 aliphatic heterocycles. The monoisotopic (exact) mass is 373 g/mol. The number of primary amides is 1. The average Bonchev–Trinajstić information content (AvgIpc) is 2.96. The number of rotatable bonds is 7. The summed E-state index contributed by atoms with van der Waals surface area (Å²) in [5.41, 5.74) is 12.6. The number of unbranched alkanes of at least 4 members (excludes halogenated alkanes) is 1. The third-order valence-electron chi connectivity index (χ3n) is 5.25. The minimum Gasteiger partial charge on any atom is -0.370 e. The van der Waals surface area contributed by atoms with Crippen LogP contribution in [0.25, 0.3) is 0 Å². The predicted octanol–water partition coefficient (Wildman–Crippen LogP) is 0.401. The summed E-state index contributed by atoms with van der Waals surface area (Å²) in [6.45, 7) is 2.74. The first-order valence-electron chi connectivity index (χ1n) is 9.40. The van der Waals surface area contributed by atoms with Crippen molar-refractivity contribution in [3.8, 4) is 0 Å². The highest BCUT2D eigenvalue weighted by Crippen LogP contribution is 2.43. The molecule has 2 aliphatic rings. The molecule has 0 aliphatic carbocycles. The van der Waals surface area contributed by atoms with Crippen LogP contribution in [0.4, 0.5) is 11.4 Å². The molecule has 1 saturated heterocycles. The molecule has 0 spiro atoms. The Hall–Kier alpha value is -2.61. The Morgan fingerprint density at radius 3 is 2.52 bits per heavy atom. The summed E-state index contributed by atoms with van der Waals surface area (Å²) in [6.07, 6.45) is 2.15. The Morgan fingerprint density at radius 1 is 1.19 bits per heavy atom. The van der Waals surface area contributed by atoms with Crippen LogP contribution >= 0.6 is 0 Å². The van der Waals surface area contributed by atoms with E-state index < -0.39 is 5.91 Å². The van der Waals surface area contributed by atoms with Crippen LogP contribution in [-0.4, -0.2) is 54.5 Å². The zero-order chi connectivity index (χ0) is 19.6. The van der Waals surface area contributed by atoms with Crippen molar-refractivity contribution in [2.24, 2.45) is 11.5 Å². The molecule has 2 atom stereocenters. The van der Waals surface area contributed by atoms with Gasteiger partial charge in [-0.25, -0.2) is 0 Å². The normalized spacial score (nSPS) is 21.3. The van der Waals surface area contributed by atoms with Gasteiger partial charge in [-0.05, 0) is 37.9 Å². The van der Waals surface area contributed by atoms with Gasteiger partial charge in [-0.15, -0.1) is 0 Å². The third kappa shape index (κ3) is 3.62. The van der Waals surface area contributed by atoms with E-state index in [0.29, 0.717) is 19.5 Å². The Morgan fingerprint density at radius 2 is 1.89 bits per heavy atom. The first-order chi connectivity index (χ1) is 13.0. The van der Waals surface area contributed by atoms with E-state index in [1.54, 1.807) is 9.80 Å². The number of hydrogen-bond acceptors (Lipinski definition) is 5. The predicted molar refractivity (Wildman–Crippen MR) is 103 cm³/mol. The van der Waals surface area contributed by atoms with Crippen LogP contribution in [0.1, 0.15) is 32.6 Å². The molecule has 0 saturated carbocycles. The minimum absolute atomic E-state index is 0.0234. The molecule has 1 aromatic rings. The number of carbonyl (C=O) groups excluding carboxylic acids is 3. The number of piperazine rings is 1. The lowest BCUT2D eigenvalue weighted by Crippen LogP contribution is -2.65. The number of nitrogens with two attached hydrogens (primary N) is 2. The molecule has 27 heavy (non-hydrogen) atoms. The van der Waals surface area contributed by atoms with E-state index in [1.807, 2.05) is 24.3 Å². The number of nitrogens with zero attached hydrogens (tertiary/aromatic N) is 3. The van der Waals surface area contributed by atoms with Crippen LogP contribution < -0.4 is 21.3 Å². The highest BCUT2D eigenvalue weighted by atomic mass is 16.2. The molecule has 146 valence electrons. The summed E-state index contributed by atoms with van der Waals surface area (Å²) in [4.78, 5) is 42.2. The summed E-state index contributed by atoms with van der Waals surface area (Å²) < 4.78 is 0. The molecule has 0 aromatic heterocycles. The van der Waals surface area contributed by atoms with Crippen LogP contribution in [-0.2, 0) is 14.4 Å². The third-order valence-corrected chi connectivity index (χ3v) is 5.25. The van der Waals surface area contributed by atoms with Gasteiger partial charge in [0.15, 0.2) is 0 Å². The number of hydrogen-bond donors (Lipinski definition) is 2. The topological polar surface area (TPSA) is 113 Å². The highest BCUT2D eigenvalue weighted by Gasteiger charge is 2.48. The lowest BCUT2D eigenvalue weighted by molar-refractivity contribution is -0.136. The molecule has 3 rings (SSSR count). The molecule has 0 bridgehead atoms. The van der Waals surface area contributed by atoms with Crippen LogP contribution in [0.15, 0.2) is 24.3 Å². The number of benzene rings is 1. The van der Waals surface area contributed by atoms with Crippen molar-refractivity contribution in [2.45, 2.75) is 44.8 Å². The summed E-state index contributed by atoms with van der Waals surface area (Å²) in [5.74, 6) is -0.535. The van der Waals surface area contributed by atoms with Gasteiger partial charge in [0.1, 0.15) is 12.2 Å². The summed E-state index contributed by atoms with van der Waals surface area (Å²) in [6, 6.07) is 7.29. The second-order valence-corrected chi connectivity index (χ2v) is 7.07. The van der Waals surface area contributed by atoms with E-state index in [-0.39, 0.29) is 37.0 Å². The van der Waals surface area contributed by atoms with E-state index in [2.05, 4.69) is 4.90 Å². The lowest BCUT2D eigenvalue weighted by atomic mass is 10.0. The molecule has 1 aromatic carbocycles. The van der Waals surface area contributed by atoms with Crippen molar-refractivity contribution >= 4 is 29.1 Å². The SMILES string of the molecule is CC(=O)N1c2ccccc2N2[C@@H]1CN(CCC(N)=O)C(=O)[C@@H]2CCCCN. The number of anilines is 2. The number of fused-ring (bicyclic) bond motifs is 3. The fourth-order valence-electron chi connectivity index (χ4n) is 4.06. The molecule has 0 radical (unpaired) electrons. The standard InChI is InChI=1S/C19H27N5O3/c1-13(25)23-14-6-2-3-7-15(14)24-16(8-4-5-10-20)19(27)22(12-18(23)24)11-9-17(21)26/h2-3,6-7,16,18H,4-5,8-12,20H2,1H3,(H2,21,26)/t16-,18+/m0/s1. The van der Waals surface area contributed by atoms with Gasteiger partial charge in [0.25, 0.3) is 0 Å².